The van der Waals surface area contributed by atoms with E-state index in [4.69, 9.17) is 9.57 Å². The highest BCUT2D eigenvalue weighted by molar-refractivity contribution is 5.94. The number of aryl methyl sites for hydroxylation is 2. The summed E-state index contributed by atoms with van der Waals surface area (Å²) in [6.45, 7) is 4.44. The SMILES string of the molecule is CCc1nnc(C)cc1C(=O)NOCCOC. The monoisotopic (exact) mass is 239 g/mol. The van der Waals surface area contributed by atoms with Gasteiger partial charge in [-0.25, -0.2) is 5.48 Å². The first kappa shape index (κ1) is 13.5. The zero-order valence-electron chi connectivity index (χ0n) is 10.3. The van der Waals surface area contributed by atoms with E-state index in [9.17, 15) is 4.79 Å². The Kier molecular flexibility index (Phi) is 5.51. The Balaban J connectivity index is 2.64. The van der Waals surface area contributed by atoms with E-state index in [-0.39, 0.29) is 5.91 Å². The Morgan fingerprint density at radius 2 is 2.18 bits per heavy atom. The molecule has 1 rings (SSSR count). The Labute approximate surface area is 100 Å². The molecule has 1 N–H and O–H groups in total. The Bertz CT molecular complexity index is 382. The van der Waals surface area contributed by atoms with Gasteiger partial charge in [-0.1, -0.05) is 6.92 Å². The van der Waals surface area contributed by atoms with Crippen molar-refractivity contribution in [3.05, 3.63) is 23.0 Å². The third kappa shape index (κ3) is 4.08. The smallest absolute Gasteiger partial charge is 0.276 e. The maximum atomic E-state index is 11.8. The molecule has 0 saturated heterocycles. The summed E-state index contributed by atoms with van der Waals surface area (Å²) in [5.74, 6) is -0.309. The molecule has 1 heterocycles. The number of hydrogen-bond acceptors (Lipinski definition) is 5. The highest BCUT2D eigenvalue weighted by atomic mass is 16.7. The van der Waals surface area contributed by atoms with E-state index in [1.807, 2.05) is 6.92 Å². The van der Waals surface area contributed by atoms with Gasteiger partial charge in [0, 0.05) is 7.11 Å². The first-order chi connectivity index (χ1) is 8.19. The molecule has 0 aliphatic heterocycles. The third-order valence-corrected chi connectivity index (χ3v) is 2.13. The van der Waals surface area contributed by atoms with Gasteiger partial charge in [-0.2, -0.15) is 10.2 Å². The number of ether oxygens (including phenoxy) is 1. The van der Waals surface area contributed by atoms with E-state index in [1.165, 1.54) is 0 Å². The summed E-state index contributed by atoms with van der Waals surface area (Å²) in [5.41, 5.74) is 4.20. The number of hydroxylamine groups is 1. The summed E-state index contributed by atoms with van der Waals surface area (Å²) in [6, 6.07) is 1.70. The first-order valence-corrected chi connectivity index (χ1v) is 5.43. The lowest BCUT2D eigenvalue weighted by molar-refractivity contribution is 0.00878. The molecule has 0 aliphatic rings. The van der Waals surface area contributed by atoms with Crippen LogP contribution in [-0.2, 0) is 16.0 Å². The Morgan fingerprint density at radius 3 is 2.82 bits per heavy atom. The quantitative estimate of drug-likeness (QED) is 0.583. The van der Waals surface area contributed by atoms with Crippen molar-refractivity contribution in [3.8, 4) is 0 Å². The lowest BCUT2D eigenvalue weighted by Gasteiger charge is -2.08. The van der Waals surface area contributed by atoms with Gasteiger partial charge in [-0.15, -0.1) is 0 Å². The average molecular weight is 239 g/mol. The van der Waals surface area contributed by atoms with Crippen LogP contribution in [0.3, 0.4) is 0 Å². The minimum Gasteiger partial charge on any atom is -0.382 e. The second kappa shape index (κ2) is 6.93. The number of hydrogen-bond donors (Lipinski definition) is 1. The topological polar surface area (TPSA) is 73.3 Å². The van der Waals surface area contributed by atoms with Crippen molar-refractivity contribution in [2.45, 2.75) is 20.3 Å². The summed E-state index contributed by atoms with van der Waals surface area (Å²) >= 11 is 0. The van der Waals surface area contributed by atoms with Crippen molar-refractivity contribution >= 4 is 5.91 Å². The molecule has 0 atom stereocenters. The number of rotatable bonds is 6. The van der Waals surface area contributed by atoms with Crippen LogP contribution >= 0.6 is 0 Å². The fourth-order valence-electron chi connectivity index (χ4n) is 1.27. The van der Waals surface area contributed by atoms with Crippen LogP contribution in [-0.4, -0.2) is 36.4 Å². The minimum absolute atomic E-state index is 0.307. The van der Waals surface area contributed by atoms with E-state index >= 15 is 0 Å². The zero-order valence-corrected chi connectivity index (χ0v) is 10.3. The van der Waals surface area contributed by atoms with Crippen LogP contribution in [0.15, 0.2) is 6.07 Å². The van der Waals surface area contributed by atoms with Crippen molar-refractivity contribution in [2.24, 2.45) is 0 Å². The van der Waals surface area contributed by atoms with E-state index in [1.54, 1.807) is 20.1 Å². The number of amides is 1. The van der Waals surface area contributed by atoms with Crippen LogP contribution in [0, 0.1) is 6.92 Å². The summed E-state index contributed by atoms with van der Waals surface area (Å²) < 4.78 is 4.79. The van der Waals surface area contributed by atoms with Crippen molar-refractivity contribution in [1.82, 2.24) is 15.7 Å². The molecular formula is C11H17N3O3. The average Bonchev–Trinajstić information content (AvgIpc) is 2.34. The fraction of sp³-hybridized carbons (Fsp3) is 0.545. The number of methoxy groups -OCH3 is 1. The third-order valence-electron chi connectivity index (χ3n) is 2.13. The van der Waals surface area contributed by atoms with Crippen LogP contribution < -0.4 is 5.48 Å². The lowest BCUT2D eigenvalue weighted by atomic mass is 10.1. The number of nitrogens with one attached hydrogen (secondary N) is 1. The minimum atomic E-state index is -0.309. The molecule has 0 saturated carbocycles. The molecule has 94 valence electrons. The molecule has 1 aromatic rings. The van der Waals surface area contributed by atoms with Gasteiger partial charge >= 0.3 is 0 Å². The number of carbonyl (C=O) groups is 1. The maximum absolute atomic E-state index is 11.8. The lowest BCUT2D eigenvalue weighted by Crippen LogP contribution is -2.27. The Hall–Kier alpha value is -1.53. The highest BCUT2D eigenvalue weighted by Crippen LogP contribution is 2.07. The van der Waals surface area contributed by atoms with Gasteiger partial charge < -0.3 is 4.74 Å². The molecule has 1 amide bonds. The van der Waals surface area contributed by atoms with E-state index in [0.717, 1.165) is 0 Å². The normalized spacial score (nSPS) is 10.3. The van der Waals surface area contributed by atoms with Gasteiger partial charge in [-0.05, 0) is 19.4 Å². The molecule has 0 spiro atoms. The standard InChI is InChI=1S/C11H17N3O3/c1-4-10-9(7-8(2)12-13-10)11(15)14-17-6-5-16-3/h7H,4-6H2,1-3H3,(H,14,15). The second-order valence-corrected chi connectivity index (χ2v) is 3.47. The molecule has 0 unspecified atom stereocenters. The van der Waals surface area contributed by atoms with E-state index < -0.39 is 0 Å². The van der Waals surface area contributed by atoms with Gasteiger partial charge in [0.15, 0.2) is 0 Å². The van der Waals surface area contributed by atoms with Crippen molar-refractivity contribution < 1.29 is 14.4 Å². The van der Waals surface area contributed by atoms with Gasteiger partial charge in [0.05, 0.1) is 30.2 Å². The van der Waals surface area contributed by atoms with Crippen LogP contribution in [0.25, 0.3) is 0 Å². The molecule has 1 aromatic heterocycles. The summed E-state index contributed by atoms with van der Waals surface area (Å²) in [5, 5.41) is 7.88. The van der Waals surface area contributed by atoms with E-state index in [0.29, 0.717) is 36.6 Å². The van der Waals surface area contributed by atoms with Gasteiger partial charge in [0.1, 0.15) is 0 Å². The van der Waals surface area contributed by atoms with Gasteiger partial charge in [-0.3, -0.25) is 9.63 Å². The Morgan fingerprint density at radius 1 is 1.41 bits per heavy atom. The van der Waals surface area contributed by atoms with Crippen molar-refractivity contribution in [3.63, 3.8) is 0 Å². The van der Waals surface area contributed by atoms with Crippen LogP contribution in [0.4, 0.5) is 0 Å². The predicted octanol–water partition coefficient (Wildman–Crippen LogP) is 0.655. The molecule has 0 fully saturated rings. The molecule has 0 aliphatic carbocycles. The highest BCUT2D eigenvalue weighted by Gasteiger charge is 2.12. The van der Waals surface area contributed by atoms with E-state index in [2.05, 4.69) is 15.7 Å². The molecule has 0 bridgehead atoms. The summed E-state index contributed by atoms with van der Waals surface area (Å²) in [7, 11) is 1.57. The van der Waals surface area contributed by atoms with Crippen LogP contribution in [0.1, 0.15) is 28.7 Å². The number of aromatic nitrogens is 2. The fourth-order valence-corrected chi connectivity index (χ4v) is 1.27. The summed E-state index contributed by atoms with van der Waals surface area (Å²) in [6.07, 6.45) is 0.647. The molecule has 6 nitrogen and oxygen atoms in total. The molecule has 0 radical (unpaired) electrons. The molecular weight excluding hydrogens is 222 g/mol. The van der Waals surface area contributed by atoms with Crippen molar-refractivity contribution in [2.75, 3.05) is 20.3 Å². The first-order valence-electron chi connectivity index (χ1n) is 5.43. The van der Waals surface area contributed by atoms with Crippen molar-refractivity contribution in [1.29, 1.82) is 0 Å². The predicted molar refractivity (Wildman–Crippen MR) is 61.4 cm³/mol. The van der Waals surface area contributed by atoms with Crippen LogP contribution in [0.2, 0.25) is 0 Å². The number of nitrogens with zero attached hydrogens (tertiary/aromatic N) is 2. The van der Waals surface area contributed by atoms with Gasteiger partial charge in [0.2, 0.25) is 0 Å². The largest absolute Gasteiger partial charge is 0.382 e. The molecule has 0 aromatic carbocycles. The van der Waals surface area contributed by atoms with Gasteiger partial charge in [0.25, 0.3) is 5.91 Å². The molecule has 17 heavy (non-hydrogen) atoms. The second-order valence-electron chi connectivity index (χ2n) is 3.47. The number of carbonyl (C=O) groups excluding carboxylic acids is 1. The maximum Gasteiger partial charge on any atom is 0.276 e. The van der Waals surface area contributed by atoms with Crippen LogP contribution in [0.5, 0.6) is 0 Å². The molecule has 6 heteroatoms. The summed E-state index contributed by atoms with van der Waals surface area (Å²) in [4.78, 5) is 16.8. The zero-order chi connectivity index (χ0) is 12.7.